The molecule has 2 aliphatic rings. The summed E-state index contributed by atoms with van der Waals surface area (Å²) in [5.74, 6) is -0.0816. The first-order valence-corrected chi connectivity index (χ1v) is 16.9. The Balaban J connectivity index is 1.36. The summed E-state index contributed by atoms with van der Waals surface area (Å²) in [6.45, 7) is 4.99. The molecule has 13 heteroatoms. The van der Waals surface area contributed by atoms with Crippen LogP contribution in [0, 0.1) is 5.92 Å². The zero-order valence-electron chi connectivity index (χ0n) is 26.5. The van der Waals surface area contributed by atoms with Crippen molar-refractivity contribution in [3.63, 3.8) is 0 Å². The predicted octanol–water partition coefficient (Wildman–Crippen LogP) is 3.77. The number of ether oxygens (including phenoxy) is 3. The minimum absolute atomic E-state index is 0.00609. The maximum atomic E-state index is 14.0. The van der Waals surface area contributed by atoms with E-state index in [2.05, 4.69) is 5.32 Å². The Morgan fingerprint density at radius 2 is 1.77 bits per heavy atom. The molecule has 2 aliphatic heterocycles. The van der Waals surface area contributed by atoms with Gasteiger partial charge in [-0.15, -0.1) is 0 Å². The van der Waals surface area contributed by atoms with Gasteiger partial charge in [-0.1, -0.05) is 62.7 Å². The van der Waals surface area contributed by atoms with Crippen LogP contribution in [0.3, 0.4) is 0 Å². The number of anilines is 1. The molecule has 5 rings (SSSR count). The number of hydrogen-bond donors (Lipinski definition) is 2. The molecule has 47 heavy (non-hydrogen) atoms. The molecule has 0 radical (unpaired) electrons. The van der Waals surface area contributed by atoms with Crippen molar-refractivity contribution >= 4 is 33.5 Å². The van der Waals surface area contributed by atoms with Gasteiger partial charge in [0.2, 0.25) is 16.8 Å². The monoisotopic (exact) mass is 665 g/mol. The third-order valence-corrected chi connectivity index (χ3v) is 10.2. The van der Waals surface area contributed by atoms with E-state index in [9.17, 15) is 27.9 Å². The van der Waals surface area contributed by atoms with Crippen LogP contribution in [0.1, 0.15) is 43.1 Å². The number of aliphatic hydroxyl groups excluding tert-OH is 1. The van der Waals surface area contributed by atoms with E-state index < -0.39 is 40.3 Å². The number of fused-ring (bicyclic) bond motifs is 1. The largest absolute Gasteiger partial charge is 0.454 e. The first-order chi connectivity index (χ1) is 22.5. The molecule has 1 fully saturated rings. The summed E-state index contributed by atoms with van der Waals surface area (Å²) in [7, 11) is -4.10. The number of amides is 2. The second-order valence-electron chi connectivity index (χ2n) is 11.8. The molecule has 3 aromatic rings. The van der Waals surface area contributed by atoms with Gasteiger partial charge in [-0.05, 0) is 49.1 Å². The summed E-state index contributed by atoms with van der Waals surface area (Å²) >= 11 is 0. The van der Waals surface area contributed by atoms with E-state index in [1.54, 1.807) is 24.3 Å². The van der Waals surface area contributed by atoms with E-state index in [4.69, 9.17) is 14.2 Å². The van der Waals surface area contributed by atoms with Crippen molar-refractivity contribution in [3.8, 4) is 11.5 Å². The number of rotatable bonds is 14. The van der Waals surface area contributed by atoms with E-state index in [0.717, 1.165) is 5.56 Å². The van der Waals surface area contributed by atoms with Gasteiger partial charge >= 0.3 is 6.09 Å². The van der Waals surface area contributed by atoms with Crippen LogP contribution in [-0.4, -0.2) is 80.3 Å². The number of hydrogen-bond acceptors (Lipinski definition) is 9. The van der Waals surface area contributed by atoms with Crippen molar-refractivity contribution in [2.45, 2.75) is 56.8 Å². The van der Waals surface area contributed by atoms with Crippen molar-refractivity contribution in [2.75, 3.05) is 31.3 Å². The average Bonchev–Trinajstić information content (AvgIpc) is 3.70. The zero-order chi connectivity index (χ0) is 33.7. The number of carbonyl (C=O) groups is 3. The molecule has 4 atom stereocenters. The number of nitrogens with zero attached hydrogens (tertiary/aromatic N) is 2. The van der Waals surface area contributed by atoms with Gasteiger partial charge in [-0.3, -0.25) is 14.5 Å². The molecule has 0 aliphatic carbocycles. The lowest BCUT2D eigenvalue weighted by molar-refractivity contribution is -0.129. The molecule has 250 valence electrons. The third kappa shape index (κ3) is 7.92. The first kappa shape index (κ1) is 33.9. The molecule has 0 aromatic heterocycles. The van der Waals surface area contributed by atoms with Gasteiger partial charge in [0.25, 0.3) is 5.91 Å². The van der Waals surface area contributed by atoms with E-state index in [0.29, 0.717) is 29.2 Å². The van der Waals surface area contributed by atoms with Gasteiger partial charge in [-0.2, -0.15) is 4.31 Å². The van der Waals surface area contributed by atoms with E-state index >= 15 is 0 Å². The van der Waals surface area contributed by atoms with Crippen LogP contribution in [0.15, 0.2) is 77.7 Å². The summed E-state index contributed by atoms with van der Waals surface area (Å²) in [6.07, 6.45) is -2.41. The Bertz CT molecular complexity index is 1720. The van der Waals surface area contributed by atoms with Crippen LogP contribution in [-0.2, 0) is 26.0 Å². The van der Waals surface area contributed by atoms with Gasteiger partial charge < -0.3 is 24.6 Å². The molecule has 0 saturated carbocycles. The average molecular weight is 666 g/mol. The molecular weight excluding hydrogens is 626 g/mol. The van der Waals surface area contributed by atoms with Crippen LogP contribution in [0.2, 0.25) is 0 Å². The van der Waals surface area contributed by atoms with Crippen molar-refractivity contribution in [1.29, 1.82) is 0 Å². The molecule has 1 saturated heterocycles. The van der Waals surface area contributed by atoms with Gasteiger partial charge in [0.15, 0.2) is 23.4 Å². The number of ketones is 1. The third-order valence-electron chi connectivity index (χ3n) is 8.34. The highest BCUT2D eigenvalue weighted by molar-refractivity contribution is 7.89. The molecule has 2 amide bonds. The molecular formula is C34H39N3O9S. The van der Waals surface area contributed by atoms with E-state index in [1.807, 2.05) is 44.2 Å². The van der Waals surface area contributed by atoms with E-state index in [-0.39, 0.29) is 49.4 Å². The van der Waals surface area contributed by atoms with Gasteiger partial charge in [-0.25, -0.2) is 13.2 Å². The van der Waals surface area contributed by atoms with Gasteiger partial charge in [0, 0.05) is 30.4 Å². The van der Waals surface area contributed by atoms with Crippen molar-refractivity contribution in [1.82, 2.24) is 9.62 Å². The normalized spacial score (nSPS) is 17.7. The quantitative estimate of drug-likeness (QED) is 0.245. The highest BCUT2D eigenvalue weighted by atomic mass is 32.2. The number of Topliss-reactive ketones (excluding diaryl/α,β-unsaturated/α-hetero) is 1. The Morgan fingerprint density at radius 1 is 1.02 bits per heavy atom. The lowest BCUT2D eigenvalue weighted by Gasteiger charge is -2.31. The lowest BCUT2D eigenvalue weighted by atomic mass is 10.0. The molecule has 0 spiro atoms. The van der Waals surface area contributed by atoms with Gasteiger partial charge in [0.05, 0.1) is 23.6 Å². The van der Waals surface area contributed by atoms with Crippen LogP contribution < -0.4 is 19.7 Å². The van der Waals surface area contributed by atoms with Crippen LogP contribution in [0.5, 0.6) is 11.5 Å². The summed E-state index contributed by atoms with van der Waals surface area (Å²) in [5, 5.41) is 14.5. The predicted molar refractivity (Wildman–Crippen MR) is 173 cm³/mol. The fourth-order valence-corrected chi connectivity index (χ4v) is 6.99. The second-order valence-corrected chi connectivity index (χ2v) is 13.8. The Labute approximate surface area is 274 Å². The molecule has 12 nitrogen and oxygen atoms in total. The Hall–Kier alpha value is -4.46. The first-order valence-electron chi connectivity index (χ1n) is 15.5. The van der Waals surface area contributed by atoms with Crippen molar-refractivity contribution < 1.29 is 42.1 Å². The number of nitrogens with one attached hydrogen (secondary N) is 1. The smallest absolute Gasteiger partial charge is 0.415 e. The number of sulfonamides is 1. The van der Waals surface area contributed by atoms with E-state index in [1.165, 1.54) is 34.3 Å². The van der Waals surface area contributed by atoms with Crippen molar-refractivity contribution in [3.05, 3.63) is 83.9 Å². The highest BCUT2D eigenvalue weighted by Crippen LogP contribution is 2.35. The summed E-state index contributed by atoms with van der Waals surface area (Å²) < 4.78 is 45.3. The molecule has 2 heterocycles. The molecule has 0 bridgehead atoms. The van der Waals surface area contributed by atoms with Crippen molar-refractivity contribution in [2.24, 2.45) is 5.92 Å². The standard InChI is InChI=1S/C34H39N3O9S/c1-4-22(2)18-36(47(42,43)27-13-14-30-31(17-27)45-21-44-30)19-29(39)28(15-24-9-6-5-7-10-24)35-33(40)32-20-37(34(41)46-32)26-12-8-11-25(16-26)23(3)38/h5-14,16-17,22,28-29,32,39H,4,15,18-21H2,1-3H3,(H,35,40)/t22-,28-,29+,32-/m0/s1. The number of cyclic esters (lactones) is 1. The van der Waals surface area contributed by atoms with Crippen LogP contribution in [0.4, 0.5) is 10.5 Å². The zero-order valence-corrected chi connectivity index (χ0v) is 27.3. The molecule has 0 unspecified atom stereocenters. The lowest BCUT2D eigenvalue weighted by Crippen LogP contribution is -2.53. The number of carbonyl (C=O) groups excluding carboxylic acids is 3. The van der Waals surface area contributed by atoms with Crippen LogP contribution in [0.25, 0.3) is 0 Å². The summed E-state index contributed by atoms with van der Waals surface area (Å²) in [4.78, 5) is 39.4. The maximum absolute atomic E-state index is 14.0. The number of benzene rings is 3. The molecule has 3 aromatic carbocycles. The number of aliphatic hydroxyl groups is 1. The summed E-state index contributed by atoms with van der Waals surface area (Å²) in [5.41, 5.74) is 1.62. The van der Waals surface area contributed by atoms with Crippen LogP contribution >= 0.6 is 0 Å². The topological polar surface area (TPSA) is 152 Å². The minimum Gasteiger partial charge on any atom is -0.454 e. The summed E-state index contributed by atoms with van der Waals surface area (Å²) in [6, 6.07) is 19.1. The second kappa shape index (κ2) is 14.5. The Morgan fingerprint density at radius 3 is 2.49 bits per heavy atom. The minimum atomic E-state index is -4.10. The van der Waals surface area contributed by atoms with Gasteiger partial charge in [0.1, 0.15) is 0 Å². The fourth-order valence-electron chi connectivity index (χ4n) is 5.40. The highest BCUT2D eigenvalue weighted by Gasteiger charge is 2.39. The maximum Gasteiger partial charge on any atom is 0.415 e. The Kier molecular flexibility index (Phi) is 10.5. The SMILES string of the molecule is CC[C@H](C)CN(C[C@@H](O)[C@H](Cc1ccccc1)NC(=O)[C@@H]1CN(c2cccc(C(C)=O)c2)C(=O)O1)S(=O)(=O)c1ccc2c(c1)OCO2. The fraction of sp³-hybridized carbons (Fsp3) is 0.382. The molecule has 2 N–H and O–H groups in total.